The molecular weight excluding hydrogens is 186 g/mol. The van der Waals surface area contributed by atoms with Gasteiger partial charge in [-0.3, -0.25) is 4.99 Å². The van der Waals surface area contributed by atoms with Crippen LogP contribution in [0.15, 0.2) is 16.1 Å². The fourth-order valence-electron chi connectivity index (χ4n) is 1.75. The van der Waals surface area contributed by atoms with E-state index < -0.39 is 0 Å². The van der Waals surface area contributed by atoms with Crippen LogP contribution in [-0.2, 0) is 0 Å². The molecule has 2 heterocycles. The first-order valence-corrected chi connectivity index (χ1v) is 6.37. The first-order valence-electron chi connectivity index (χ1n) is 4.27. The van der Waals surface area contributed by atoms with E-state index in [0.29, 0.717) is 0 Å². The first kappa shape index (κ1) is 8.70. The second-order valence-electron chi connectivity index (χ2n) is 3.32. The number of thioether (sulfide) groups is 2. The van der Waals surface area contributed by atoms with Crippen LogP contribution >= 0.6 is 23.5 Å². The third kappa shape index (κ3) is 1.57. The zero-order valence-corrected chi connectivity index (χ0v) is 9.04. The molecule has 0 aromatic carbocycles. The highest BCUT2D eigenvalue weighted by Crippen LogP contribution is 2.45. The Bertz CT molecular complexity index is 245. The Hall–Kier alpha value is 0.110. The molecule has 1 saturated heterocycles. The van der Waals surface area contributed by atoms with E-state index in [1.807, 2.05) is 11.8 Å². The van der Waals surface area contributed by atoms with Crippen molar-refractivity contribution in [2.75, 3.05) is 6.26 Å². The van der Waals surface area contributed by atoms with Gasteiger partial charge in [0, 0.05) is 22.8 Å². The maximum Gasteiger partial charge on any atom is 0.0735 e. The third-order valence-corrected chi connectivity index (χ3v) is 4.40. The molecule has 0 spiro atoms. The van der Waals surface area contributed by atoms with Crippen LogP contribution in [-0.4, -0.2) is 16.5 Å². The van der Waals surface area contributed by atoms with Crippen LogP contribution < -0.4 is 0 Å². The monoisotopic (exact) mass is 199 g/mol. The Morgan fingerprint density at radius 2 is 2.50 bits per heavy atom. The zero-order chi connectivity index (χ0) is 8.55. The van der Waals surface area contributed by atoms with E-state index in [2.05, 4.69) is 24.4 Å². The minimum absolute atomic E-state index is 0.796. The minimum Gasteiger partial charge on any atom is -0.254 e. The Morgan fingerprint density at radius 3 is 3.25 bits per heavy atom. The standard InChI is InChI=1S/C9H13NS2/c1-6-3-7-4-9(11-2)10-5-8(7)12-6/h5-7H,3-4H2,1-2H3. The topological polar surface area (TPSA) is 12.4 Å². The van der Waals surface area contributed by atoms with E-state index in [0.717, 1.165) is 11.2 Å². The van der Waals surface area contributed by atoms with E-state index in [1.54, 1.807) is 11.8 Å². The van der Waals surface area contributed by atoms with Gasteiger partial charge < -0.3 is 0 Å². The summed E-state index contributed by atoms with van der Waals surface area (Å²) in [4.78, 5) is 5.94. The summed E-state index contributed by atoms with van der Waals surface area (Å²) in [5, 5.41) is 2.11. The summed E-state index contributed by atoms with van der Waals surface area (Å²) in [5.41, 5.74) is 0. The molecule has 1 fully saturated rings. The number of rotatable bonds is 0. The highest BCUT2D eigenvalue weighted by molar-refractivity contribution is 8.13. The second kappa shape index (κ2) is 3.46. The molecule has 2 aliphatic heterocycles. The summed E-state index contributed by atoms with van der Waals surface area (Å²) in [6.07, 6.45) is 6.72. The fourth-order valence-corrected chi connectivity index (χ4v) is 3.55. The van der Waals surface area contributed by atoms with Crippen LogP contribution in [0.25, 0.3) is 0 Å². The summed E-state index contributed by atoms with van der Waals surface area (Å²) in [6, 6.07) is 0. The lowest BCUT2D eigenvalue weighted by atomic mass is 9.99. The molecule has 0 saturated carbocycles. The second-order valence-corrected chi connectivity index (χ2v) is 5.71. The van der Waals surface area contributed by atoms with Crippen molar-refractivity contribution in [3.05, 3.63) is 11.1 Å². The molecule has 12 heavy (non-hydrogen) atoms. The van der Waals surface area contributed by atoms with Crippen LogP contribution in [0.5, 0.6) is 0 Å². The predicted octanol–water partition coefficient (Wildman–Crippen LogP) is 3.13. The number of fused-ring (bicyclic) bond motifs is 1. The molecule has 0 amide bonds. The smallest absolute Gasteiger partial charge is 0.0735 e. The van der Waals surface area contributed by atoms with Gasteiger partial charge in [0.1, 0.15) is 0 Å². The molecular formula is C9H13NS2. The maximum absolute atomic E-state index is 4.42. The summed E-state index contributed by atoms with van der Waals surface area (Å²) < 4.78 is 0. The number of hydrogen-bond donors (Lipinski definition) is 0. The molecule has 0 radical (unpaired) electrons. The number of allylic oxidation sites excluding steroid dienone is 1. The van der Waals surface area contributed by atoms with Gasteiger partial charge in [-0.05, 0) is 18.6 Å². The molecule has 2 aliphatic rings. The third-order valence-electron chi connectivity index (χ3n) is 2.35. The molecule has 2 atom stereocenters. The molecule has 2 rings (SSSR count). The lowest BCUT2D eigenvalue weighted by Crippen LogP contribution is -2.07. The summed E-state index contributed by atoms with van der Waals surface area (Å²) in [5.74, 6) is 0.796. The van der Waals surface area contributed by atoms with Gasteiger partial charge in [0.05, 0.1) is 5.04 Å². The Morgan fingerprint density at radius 1 is 1.67 bits per heavy atom. The first-order chi connectivity index (χ1) is 5.79. The molecule has 3 heteroatoms. The van der Waals surface area contributed by atoms with Gasteiger partial charge in [0.15, 0.2) is 0 Å². The van der Waals surface area contributed by atoms with Gasteiger partial charge in [0.25, 0.3) is 0 Å². The molecule has 0 aliphatic carbocycles. The largest absolute Gasteiger partial charge is 0.254 e. The number of hydrogen-bond acceptors (Lipinski definition) is 3. The van der Waals surface area contributed by atoms with Gasteiger partial charge in [0.2, 0.25) is 0 Å². The van der Waals surface area contributed by atoms with Crippen molar-refractivity contribution in [3.63, 3.8) is 0 Å². The highest BCUT2D eigenvalue weighted by atomic mass is 32.2. The van der Waals surface area contributed by atoms with Crippen molar-refractivity contribution in [1.29, 1.82) is 0 Å². The van der Waals surface area contributed by atoms with Gasteiger partial charge in [-0.15, -0.1) is 23.5 Å². The molecule has 66 valence electrons. The minimum atomic E-state index is 0.796. The molecule has 0 bridgehead atoms. The Kier molecular flexibility index (Phi) is 2.51. The van der Waals surface area contributed by atoms with Gasteiger partial charge >= 0.3 is 0 Å². The molecule has 1 nitrogen and oxygen atoms in total. The predicted molar refractivity (Wildman–Crippen MR) is 58.8 cm³/mol. The van der Waals surface area contributed by atoms with Crippen LogP contribution in [0.4, 0.5) is 0 Å². The zero-order valence-electron chi connectivity index (χ0n) is 7.41. The highest BCUT2D eigenvalue weighted by Gasteiger charge is 2.30. The average Bonchev–Trinajstić information content (AvgIpc) is 2.43. The van der Waals surface area contributed by atoms with E-state index in [-0.39, 0.29) is 0 Å². The normalized spacial score (nSPS) is 34.2. The van der Waals surface area contributed by atoms with Crippen LogP contribution in [0.3, 0.4) is 0 Å². The van der Waals surface area contributed by atoms with E-state index in [9.17, 15) is 0 Å². The summed E-state index contributed by atoms with van der Waals surface area (Å²) >= 11 is 3.80. The SMILES string of the molecule is CSC1=NC=C2SC(C)CC2C1. The van der Waals surface area contributed by atoms with Gasteiger partial charge in [-0.2, -0.15) is 0 Å². The Labute approximate surface area is 82.1 Å². The van der Waals surface area contributed by atoms with Crippen LogP contribution in [0, 0.1) is 5.92 Å². The maximum atomic E-state index is 4.42. The lowest BCUT2D eigenvalue weighted by molar-refractivity contribution is 0.624. The van der Waals surface area contributed by atoms with E-state index in [1.165, 1.54) is 22.8 Å². The van der Waals surface area contributed by atoms with Gasteiger partial charge in [-0.1, -0.05) is 6.92 Å². The van der Waals surface area contributed by atoms with Crippen molar-refractivity contribution < 1.29 is 0 Å². The average molecular weight is 199 g/mol. The molecule has 2 unspecified atom stereocenters. The van der Waals surface area contributed by atoms with Crippen molar-refractivity contribution in [1.82, 2.24) is 0 Å². The number of nitrogens with zero attached hydrogens (tertiary/aromatic N) is 1. The van der Waals surface area contributed by atoms with Crippen molar-refractivity contribution in [3.8, 4) is 0 Å². The van der Waals surface area contributed by atoms with Crippen molar-refractivity contribution in [2.45, 2.75) is 25.0 Å². The molecule has 0 N–H and O–H groups in total. The van der Waals surface area contributed by atoms with Gasteiger partial charge in [-0.25, -0.2) is 0 Å². The molecule has 0 aromatic rings. The van der Waals surface area contributed by atoms with E-state index in [4.69, 9.17) is 0 Å². The fraction of sp³-hybridized carbons (Fsp3) is 0.667. The quantitative estimate of drug-likeness (QED) is 0.594. The lowest BCUT2D eigenvalue weighted by Gasteiger charge is -2.14. The van der Waals surface area contributed by atoms with Crippen molar-refractivity contribution in [2.24, 2.45) is 10.9 Å². The van der Waals surface area contributed by atoms with Crippen molar-refractivity contribution >= 4 is 28.6 Å². The van der Waals surface area contributed by atoms with Crippen LogP contribution in [0.2, 0.25) is 0 Å². The van der Waals surface area contributed by atoms with E-state index >= 15 is 0 Å². The summed E-state index contributed by atoms with van der Waals surface area (Å²) in [6.45, 7) is 2.31. The van der Waals surface area contributed by atoms with Crippen LogP contribution in [0.1, 0.15) is 19.8 Å². The summed E-state index contributed by atoms with van der Waals surface area (Å²) in [7, 11) is 0. The Balaban J connectivity index is 2.13. The number of aliphatic imine (C=N–C) groups is 1. The molecule has 0 aromatic heterocycles.